The summed E-state index contributed by atoms with van der Waals surface area (Å²) in [5.41, 5.74) is -0.584. The second-order valence-corrected chi connectivity index (χ2v) is 11.9. The molecule has 0 atom stereocenters. The molecule has 32 heavy (non-hydrogen) atoms. The molecule has 1 saturated carbocycles. The number of thiophene rings is 1. The predicted octanol–water partition coefficient (Wildman–Crippen LogP) is 0.762. The van der Waals surface area contributed by atoms with Crippen molar-refractivity contribution in [2.45, 2.75) is 54.9 Å². The Morgan fingerprint density at radius 2 is 2.00 bits per heavy atom. The van der Waals surface area contributed by atoms with E-state index in [1.54, 1.807) is 28.7 Å². The summed E-state index contributed by atoms with van der Waals surface area (Å²) in [7, 11) is -2.01. The van der Waals surface area contributed by atoms with Gasteiger partial charge < -0.3 is 5.32 Å². The molecule has 5 rings (SSSR count). The number of aryl methyl sites for hydroxylation is 1. The third-order valence-corrected chi connectivity index (χ3v) is 9.49. The van der Waals surface area contributed by atoms with Crippen molar-refractivity contribution in [3.63, 3.8) is 0 Å². The van der Waals surface area contributed by atoms with Gasteiger partial charge in [0.15, 0.2) is 0 Å². The van der Waals surface area contributed by atoms with Gasteiger partial charge in [0.1, 0.15) is 9.04 Å². The molecule has 1 aliphatic carbocycles. The molecule has 1 saturated heterocycles. The van der Waals surface area contributed by atoms with Gasteiger partial charge in [-0.15, -0.1) is 11.3 Å². The zero-order valence-corrected chi connectivity index (χ0v) is 19.6. The summed E-state index contributed by atoms with van der Waals surface area (Å²) in [6, 6.07) is 1.32. The molecule has 172 valence electrons. The Labute approximate surface area is 188 Å². The van der Waals surface area contributed by atoms with Crippen molar-refractivity contribution in [2.75, 3.05) is 13.1 Å². The topological polar surface area (TPSA) is 120 Å². The minimum absolute atomic E-state index is 0.0685. The smallest absolute Gasteiger partial charge is 0.317 e. The van der Waals surface area contributed by atoms with Gasteiger partial charge in [0.25, 0.3) is 15.6 Å². The first kappa shape index (κ1) is 21.6. The lowest BCUT2D eigenvalue weighted by Crippen LogP contribution is -2.43. The maximum absolute atomic E-state index is 13.5. The van der Waals surface area contributed by atoms with Crippen LogP contribution in [-0.4, -0.2) is 46.0 Å². The minimum atomic E-state index is -3.78. The van der Waals surface area contributed by atoms with Crippen LogP contribution in [0.15, 0.2) is 32.3 Å². The largest absolute Gasteiger partial charge is 0.332 e. The lowest BCUT2D eigenvalue weighted by atomic mass is 10.1. The van der Waals surface area contributed by atoms with Crippen molar-refractivity contribution in [2.24, 2.45) is 7.05 Å². The summed E-state index contributed by atoms with van der Waals surface area (Å²) in [5.74, 6) is 0. The highest BCUT2D eigenvalue weighted by Crippen LogP contribution is 2.37. The van der Waals surface area contributed by atoms with Gasteiger partial charge in [0.2, 0.25) is 0 Å². The third kappa shape index (κ3) is 3.85. The molecule has 0 spiro atoms. The van der Waals surface area contributed by atoms with Crippen molar-refractivity contribution in [3.05, 3.63) is 44.9 Å². The molecule has 3 aromatic rings. The number of rotatable bonds is 6. The molecular weight excluding hydrogens is 452 g/mol. The number of nitrogens with one attached hydrogen (secondary N) is 2. The van der Waals surface area contributed by atoms with Gasteiger partial charge in [0.05, 0.1) is 18.1 Å². The summed E-state index contributed by atoms with van der Waals surface area (Å²) in [5, 5.41) is 7.67. The SMILES string of the molecule is Cn1cc(Cn2c(=O)c3cc(S(=O)(=O)NC4(C)CC4)sc3n(C3CCNCC3)c2=O)cn1. The number of aromatic nitrogens is 4. The van der Waals surface area contributed by atoms with Crippen LogP contribution in [0.4, 0.5) is 0 Å². The van der Waals surface area contributed by atoms with Crippen LogP contribution in [0.5, 0.6) is 0 Å². The van der Waals surface area contributed by atoms with Crippen LogP contribution in [0.3, 0.4) is 0 Å². The molecule has 0 bridgehead atoms. The normalized spacial score (nSPS) is 18.9. The lowest BCUT2D eigenvalue weighted by molar-refractivity contribution is 0.360. The van der Waals surface area contributed by atoms with Crippen LogP contribution < -0.4 is 21.3 Å². The molecule has 2 fully saturated rings. The Hall–Kier alpha value is -2.28. The van der Waals surface area contributed by atoms with E-state index < -0.39 is 26.8 Å². The number of nitrogens with zero attached hydrogens (tertiary/aromatic N) is 4. The average molecular weight is 479 g/mol. The van der Waals surface area contributed by atoms with Crippen LogP contribution in [-0.2, 0) is 23.6 Å². The van der Waals surface area contributed by atoms with Crippen LogP contribution in [0, 0.1) is 0 Å². The Balaban J connectivity index is 1.69. The zero-order valence-electron chi connectivity index (χ0n) is 18.0. The van der Waals surface area contributed by atoms with Gasteiger partial charge >= 0.3 is 5.69 Å². The number of fused-ring (bicyclic) bond motifs is 1. The molecular formula is C20H26N6O4S2. The van der Waals surface area contributed by atoms with Crippen molar-refractivity contribution in [1.29, 1.82) is 0 Å². The fourth-order valence-corrected chi connectivity index (χ4v) is 7.18. The second-order valence-electron chi connectivity index (χ2n) is 9.00. The highest BCUT2D eigenvalue weighted by atomic mass is 32.2. The van der Waals surface area contributed by atoms with Gasteiger partial charge in [-0.3, -0.25) is 18.6 Å². The number of piperidine rings is 1. The molecule has 2 aliphatic rings. The van der Waals surface area contributed by atoms with E-state index in [0.717, 1.165) is 55.7 Å². The molecule has 12 heteroatoms. The zero-order chi connectivity index (χ0) is 22.7. The molecule has 2 N–H and O–H groups in total. The summed E-state index contributed by atoms with van der Waals surface area (Å²) in [6.07, 6.45) is 6.42. The first-order valence-corrected chi connectivity index (χ1v) is 13.0. The van der Waals surface area contributed by atoms with E-state index in [1.165, 1.54) is 10.6 Å². The lowest BCUT2D eigenvalue weighted by Gasteiger charge is -2.25. The Kier molecular flexibility index (Phi) is 5.15. The van der Waals surface area contributed by atoms with Crippen LogP contribution in [0.2, 0.25) is 0 Å². The summed E-state index contributed by atoms with van der Waals surface area (Å²) in [4.78, 5) is 27.3. The number of hydrogen-bond acceptors (Lipinski definition) is 7. The quantitative estimate of drug-likeness (QED) is 0.540. The van der Waals surface area contributed by atoms with Gasteiger partial charge in [-0.25, -0.2) is 17.9 Å². The Morgan fingerprint density at radius 3 is 2.62 bits per heavy atom. The highest BCUT2D eigenvalue weighted by molar-refractivity contribution is 7.91. The molecule has 0 aromatic carbocycles. The molecule has 4 heterocycles. The predicted molar refractivity (Wildman–Crippen MR) is 122 cm³/mol. The number of hydrogen-bond donors (Lipinski definition) is 2. The van der Waals surface area contributed by atoms with Gasteiger partial charge in [-0.1, -0.05) is 0 Å². The number of sulfonamides is 1. The van der Waals surface area contributed by atoms with Gasteiger partial charge in [-0.2, -0.15) is 5.10 Å². The summed E-state index contributed by atoms with van der Waals surface area (Å²) < 4.78 is 33.3. The van der Waals surface area contributed by atoms with E-state index in [9.17, 15) is 18.0 Å². The van der Waals surface area contributed by atoms with Crippen molar-refractivity contribution >= 4 is 31.6 Å². The molecule has 0 amide bonds. The van der Waals surface area contributed by atoms with Gasteiger partial charge in [-0.05, 0) is 51.8 Å². The maximum Gasteiger partial charge on any atom is 0.332 e. The Morgan fingerprint density at radius 1 is 1.28 bits per heavy atom. The van der Waals surface area contributed by atoms with E-state index in [4.69, 9.17) is 0 Å². The van der Waals surface area contributed by atoms with Crippen molar-refractivity contribution in [3.8, 4) is 0 Å². The van der Waals surface area contributed by atoms with E-state index in [2.05, 4.69) is 15.1 Å². The Bertz CT molecular complexity index is 1400. The van der Waals surface area contributed by atoms with Gasteiger partial charge in [0, 0.05) is 30.4 Å². The molecule has 0 unspecified atom stereocenters. The monoisotopic (exact) mass is 478 g/mol. The molecule has 3 aromatic heterocycles. The molecule has 0 radical (unpaired) electrons. The third-order valence-electron chi connectivity index (χ3n) is 6.24. The first-order valence-electron chi connectivity index (χ1n) is 10.7. The maximum atomic E-state index is 13.5. The van der Waals surface area contributed by atoms with E-state index in [0.29, 0.717) is 4.83 Å². The standard InChI is InChI=1S/C20H26N6O4S2/c1-20(5-6-20)23-32(29,30)16-9-15-17(27)25(12-13-10-22-24(2)11-13)19(28)26(18(15)31-16)14-3-7-21-8-4-14/h9-11,14,21,23H,3-8,12H2,1-2H3. The van der Waals surface area contributed by atoms with Crippen LogP contribution >= 0.6 is 11.3 Å². The average Bonchev–Trinajstić information content (AvgIpc) is 3.13. The minimum Gasteiger partial charge on any atom is -0.317 e. The fraction of sp³-hybridized carbons (Fsp3) is 0.550. The van der Waals surface area contributed by atoms with Crippen LogP contribution in [0.25, 0.3) is 10.2 Å². The second kappa shape index (κ2) is 7.65. The van der Waals surface area contributed by atoms with Crippen molar-refractivity contribution < 1.29 is 8.42 Å². The fourth-order valence-electron chi connectivity index (χ4n) is 4.20. The van der Waals surface area contributed by atoms with Crippen molar-refractivity contribution in [1.82, 2.24) is 29.0 Å². The van der Waals surface area contributed by atoms with E-state index in [1.807, 2.05) is 6.92 Å². The van der Waals surface area contributed by atoms with E-state index in [-0.39, 0.29) is 22.2 Å². The summed E-state index contributed by atoms with van der Waals surface area (Å²) >= 11 is 1.00. The summed E-state index contributed by atoms with van der Waals surface area (Å²) in [6.45, 7) is 3.47. The van der Waals surface area contributed by atoms with Crippen LogP contribution in [0.1, 0.15) is 44.2 Å². The molecule has 1 aliphatic heterocycles. The highest BCUT2D eigenvalue weighted by Gasteiger charge is 2.42. The van der Waals surface area contributed by atoms with E-state index >= 15 is 0 Å². The first-order chi connectivity index (χ1) is 15.2. The molecule has 10 nitrogen and oxygen atoms in total.